The van der Waals surface area contributed by atoms with E-state index >= 15 is 0 Å². The van der Waals surface area contributed by atoms with Crippen molar-refractivity contribution in [3.05, 3.63) is 66.3 Å². The molecule has 3 nitrogen and oxygen atoms in total. The molecular formula is C16H15NO2. The Bertz CT molecular complexity index is 584. The Hall–Kier alpha value is -2.29. The summed E-state index contributed by atoms with van der Waals surface area (Å²) in [5.74, 6) is 0.329. The van der Waals surface area contributed by atoms with Crippen molar-refractivity contribution in [2.24, 2.45) is 0 Å². The van der Waals surface area contributed by atoms with Crippen molar-refractivity contribution in [2.45, 2.75) is 12.8 Å². The van der Waals surface area contributed by atoms with Crippen LogP contribution in [0.25, 0.3) is 0 Å². The SMILES string of the molecule is O=C(/C=C1\CCCN1c1ccccc1)c1ccco1. The second-order valence-electron chi connectivity index (χ2n) is 4.57. The smallest absolute Gasteiger partial charge is 0.222 e. The Morgan fingerprint density at radius 1 is 1.16 bits per heavy atom. The molecular weight excluding hydrogens is 238 g/mol. The lowest BCUT2D eigenvalue weighted by Gasteiger charge is -2.19. The summed E-state index contributed by atoms with van der Waals surface area (Å²) in [6.45, 7) is 0.960. The molecule has 96 valence electrons. The molecule has 0 saturated carbocycles. The molecule has 1 aliphatic rings. The first-order valence-electron chi connectivity index (χ1n) is 6.45. The van der Waals surface area contributed by atoms with E-state index in [9.17, 15) is 4.79 Å². The topological polar surface area (TPSA) is 33.5 Å². The number of ketones is 1. The Kier molecular flexibility index (Phi) is 3.19. The summed E-state index contributed by atoms with van der Waals surface area (Å²) in [6, 6.07) is 13.6. The molecule has 1 aromatic heterocycles. The van der Waals surface area contributed by atoms with Gasteiger partial charge in [-0.2, -0.15) is 0 Å². The minimum absolute atomic E-state index is 0.0668. The van der Waals surface area contributed by atoms with Crippen molar-refractivity contribution < 1.29 is 9.21 Å². The summed E-state index contributed by atoms with van der Waals surface area (Å²) >= 11 is 0. The zero-order chi connectivity index (χ0) is 13.1. The second kappa shape index (κ2) is 5.14. The molecule has 3 rings (SSSR count). The molecule has 0 unspecified atom stereocenters. The molecule has 2 heterocycles. The highest BCUT2D eigenvalue weighted by Crippen LogP contribution is 2.28. The van der Waals surface area contributed by atoms with E-state index in [0.29, 0.717) is 5.76 Å². The van der Waals surface area contributed by atoms with Gasteiger partial charge in [0.1, 0.15) is 0 Å². The minimum Gasteiger partial charge on any atom is -0.461 e. The Balaban J connectivity index is 1.86. The van der Waals surface area contributed by atoms with Gasteiger partial charge in [-0.3, -0.25) is 4.79 Å². The van der Waals surface area contributed by atoms with E-state index in [0.717, 1.165) is 30.8 Å². The van der Waals surface area contributed by atoms with Gasteiger partial charge in [0.15, 0.2) is 5.76 Å². The fourth-order valence-electron chi connectivity index (χ4n) is 2.39. The van der Waals surface area contributed by atoms with Gasteiger partial charge in [-0.1, -0.05) is 18.2 Å². The number of hydrogen-bond acceptors (Lipinski definition) is 3. The summed E-state index contributed by atoms with van der Waals surface area (Å²) in [5.41, 5.74) is 2.20. The third-order valence-electron chi connectivity index (χ3n) is 3.29. The Morgan fingerprint density at radius 2 is 2.00 bits per heavy atom. The largest absolute Gasteiger partial charge is 0.461 e. The lowest BCUT2D eigenvalue weighted by molar-refractivity contribution is 0.102. The maximum absolute atomic E-state index is 12.0. The number of rotatable bonds is 3. The van der Waals surface area contributed by atoms with Crippen LogP contribution < -0.4 is 4.90 Å². The average Bonchev–Trinajstić information content (AvgIpc) is 3.11. The van der Waals surface area contributed by atoms with Crippen LogP contribution in [0.4, 0.5) is 5.69 Å². The van der Waals surface area contributed by atoms with Crippen LogP contribution in [0.3, 0.4) is 0 Å². The van der Waals surface area contributed by atoms with Gasteiger partial charge in [0, 0.05) is 24.0 Å². The highest BCUT2D eigenvalue weighted by atomic mass is 16.3. The van der Waals surface area contributed by atoms with Crippen molar-refractivity contribution >= 4 is 11.5 Å². The standard InChI is InChI=1S/C16H15NO2/c18-15(16-9-5-11-19-16)12-14-8-4-10-17(14)13-6-2-1-3-7-13/h1-3,5-7,9,11-12H,4,8,10H2/b14-12+. The zero-order valence-corrected chi connectivity index (χ0v) is 10.6. The van der Waals surface area contributed by atoms with Crippen molar-refractivity contribution in [3.8, 4) is 0 Å². The van der Waals surface area contributed by atoms with Crippen molar-refractivity contribution in [1.82, 2.24) is 0 Å². The summed E-state index contributed by atoms with van der Waals surface area (Å²) < 4.78 is 5.13. The molecule has 0 spiro atoms. The predicted molar refractivity (Wildman–Crippen MR) is 74.1 cm³/mol. The van der Waals surface area contributed by atoms with E-state index in [4.69, 9.17) is 4.42 Å². The van der Waals surface area contributed by atoms with E-state index in [-0.39, 0.29) is 5.78 Å². The van der Waals surface area contributed by atoms with Crippen molar-refractivity contribution in [3.63, 3.8) is 0 Å². The van der Waals surface area contributed by atoms with Crippen LogP contribution in [-0.2, 0) is 0 Å². The monoisotopic (exact) mass is 253 g/mol. The molecule has 0 N–H and O–H groups in total. The maximum atomic E-state index is 12.0. The van der Waals surface area contributed by atoms with Crippen LogP contribution in [0, 0.1) is 0 Å². The summed E-state index contributed by atoms with van der Waals surface area (Å²) in [7, 11) is 0. The molecule has 0 amide bonds. The molecule has 1 saturated heterocycles. The zero-order valence-electron chi connectivity index (χ0n) is 10.6. The van der Waals surface area contributed by atoms with Gasteiger partial charge in [-0.25, -0.2) is 0 Å². The normalized spacial score (nSPS) is 17.1. The molecule has 0 bridgehead atoms. The lowest BCUT2D eigenvalue weighted by Crippen LogP contribution is -2.16. The summed E-state index contributed by atoms with van der Waals surface area (Å²) in [4.78, 5) is 14.2. The molecule has 1 aliphatic heterocycles. The molecule has 3 heteroatoms. The number of carbonyl (C=O) groups excluding carboxylic acids is 1. The molecule has 0 radical (unpaired) electrons. The highest BCUT2D eigenvalue weighted by Gasteiger charge is 2.20. The number of benzene rings is 1. The first-order valence-corrected chi connectivity index (χ1v) is 6.45. The maximum Gasteiger partial charge on any atom is 0.222 e. The number of para-hydroxylation sites is 1. The van der Waals surface area contributed by atoms with Crippen LogP contribution in [0.15, 0.2) is 64.9 Å². The number of nitrogens with zero attached hydrogens (tertiary/aromatic N) is 1. The van der Waals surface area contributed by atoms with Crippen LogP contribution in [0.2, 0.25) is 0 Å². The van der Waals surface area contributed by atoms with Crippen LogP contribution >= 0.6 is 0 Å². The fraction of sp³-hybridized carbons (Fsp3) is 0.188. The first-order chi connectivity index (χ1) is 9.34. The third kappa shape index (κ3) is 2.45. The number of carbonyl (C=O) groups is 1. The van der Waals surface area contributed by atoms with E-state index in [2.05, 4.69) is 17.0 Å². The molecule has 0 aliphatic carbocycles. The molecule has 1 aromatic carbocycles. The molecule has 19 heavy (non-hydrogen) atoms. The Morgan fingerprint density at radius 3 is 2.74 bits per heavy atom. The van der Waals surface area contributed by atoms with Crippen molar-refractivity contribution in [2.75, 3.05) is 11.4 Å². The van der Waals surface area contributed by atoms with Gasteiger partial charge < -0.3 is 9.32 Å². The van der Waals surface area contributed by atoms with Gasteiger partial charge in [0.25, 0.3) is 0 Å². The quantitative estimate of drug-likeness (QED) is 0.618. The first kappa shape index (κ1) is 11.8. The molecule has 1 fully saturated rings. The van der Waals surface area contributed by atoms with E-state index in [1.165, 1.54) is 6.26 Å². The van der Waals surface area contributed by atoms with Crippen LogP contribution in [-0.4, -0.2) is 12.3 Å². The highest BCUT2D eigenvalue weighted by molar-refractivity contribution is 6.03. The third-order valence-corrected chi connectivity index (χ3v) is 3.29. The lowest BCUT2D eigenvalue weighted by atomic mass is 10.2. The number of furan rings is 1. The van der Waals surface area contributed by atoms with Gasteiger partial charge in [0.05, 0.1) is 6.26 Å². The number of anilines is 1. The van der Waals surface area contributed by atoms with E-state index in [1.807, 2.05) is 18.2 Å². The average molecular weight is 253 g/mol. The van der Waals surface area contributed by atoms with Crippen molar-refractivity contribution in [1.29, 1.82) is 0 Å². The van der Waals surface area contributed by atoms with Gasteiger partial charge in [0.2, 0.25) is 5.78 Å². The van der Waals surface area contributed by atoms with Gasteiger partial charge in [-0.15, -0.1) is 0 Å². The minimum atomic E-state index is -0.0668. The summed E-state index contributed by atoms with van der Waals surface area (Å²) in [6.07, 6.45) is 5.22. The van der Waals surface area contributed by atoms with E-state index in [1.54, 1.807) is 18.2 Å². The summed E-state index contributed by atoms with van der Waals surface area (Å²) in [5, 5.41) is 0. The van der Waals surface area contributed by atoms with Crippen LogP contribution in [0.5, 0.6) is 0 Å². The fourth-order valence-corrected chi connectivity index (χ4v) is 2.39. The molecule has 2 aromatic rings. The predicted octanol–water partition coefficient (Wildman–Crippen LogP) is 3.65. The second-order valence-corrected chi connectivity index (χ2v) is 4.57. The van der Waals surface area contributed by atoms with E-state index < -0.39 is 0 Å². The molecule has 0 atom stereocenters. The van der Waals surface area contributed by atoms with Gasteiger partial charge >= 0.3 is 0 Å². The van der Waals surface area contributed by atoms with Gasteiger partial charge in [-0.05, 0) is 37.1 Å². The Labute approximate surface area is 112 Å². The number of hydrogen-bond donors (Lipinski definition) is 0. The van der Waals surface area contributed by atoms with Crippen LogP contribution in [0.1, 0.15) is 23.4 Å². The number of allylic oxidation sites excluding steroid dienone is 2.